The second-order valence-corrected chi connectivity index (χ2v) is 7.67. The van der Waals surface area contributed by atoms with Gasteiger partial charge in [-0.3, -0.25) is 9.59 Å². The highest BCUT2D eigenvalue weighted by Gasteiger charge is 2.43. The standard InChI is InChI=1S/C12H21NO5S/c1-13(7-8-19(2,17)18)10(14)9-12(11(15)16)5-3-4-6-12/h3-9H2,1-2H3,(H,15,16). The molecule has 1 rings (SSSR count). The monoisotopic (exact) mass is 291 g/mol. The molecule has 0 radical (unpaired) electrons. The van der Waals surface area contributed by atoms with E-state index in [0.717, 1.165) is 19.1 Å². The lowest BCUT2D eigenvalue weighted by molar-refractivity contribution is -0.153. The van der Waals surface area contributed by atoms with E-state index in [9.17, 15) is 23.1 Å². The maximum atomic E-state index is 12.0. The van der Waals surface area contributed by atoms with Gasteiger partial charge >= 0.3 is 5.97 Å². The van der Waals surface area contributed by atoms with E-state index in [1.54, 1.807) is 0 Å². The Bertz CT molecular complexity index is 451. The van der Waals surface area contributed by atoms with Crippen LogP contribution in [0.1, 0.15) is 32.1 Å². The highest BCUT2D eigenvalue weighted by molar-refractivity contribution is 7.90. The van der Waals surface area contributed by atoms with Crippen LogP contribution in [0.2, 0.25) is 0 Å². The van der Waals surface area contributed by atoms with E-state index in [4.69, 9.17) is 0 Å². The molecule has 1 N–H and O–H groups in total. The molecule has 0 spiro atoms. The maximum Gasteiger partial charge on any atom is 0.310 e. The number of carboxylic acids is 1. The van der Waals surface area contributed by atoms with Gasteiger partial charge in [-0.05, 0) is 12.8 Å². The van der Waals surface area contributed by atoms with Gasteiger partial charge in [-0.15, -0.1) is 0 Å². The first-order chi connectivity index (χ1) is 8.66. The third kappa shape index (κ3) is 4.49. The van der Waals surface area contributed by atoms with E-state index in [2.05, 4.69) is 0 Å². The highest BCUT2D eigenvalue weighted by atomic mass is 32.2. The topological polar surface area (TPSA) is 91.8 Å². The third-order valence-electron chi connectivity index (χ3n) is 3.73. The minimum Gasteiger partial charge on any atom is -0.481 e. The quantitative estimate of drug-likeness (QED) is 0.770. The van der Waals surface area contributed by atoms with Crippen molar-refractivity contribution in [2.24, 2.45) is 5.41 Å². The number of carboxylic acid groups (broad SMARTS) is 1. The molecule has 0 aromatic heterocycles. The van der Waals surface area contributed by atoms with E-state index in [0.29, 0.717) is 12.8 Å². The van der Waals surface area contributed by atoms with E-state index in [-0.39, 0.29) is 24.6 Å². The number of nitrogens with zero attached hydrogens (tertiary/aromatic N) is 1. The van der Waals surface area contributed by atoms with Crippen molar-refractivity contribution in [2.45, 2.75) is 32.1 Å². The van der Waals surface area contributed by atoms with Crippen LogP contribution in [0.15, 0.2) is 0 Å². The summed E-state index contributed by atoms with van der Waals surface area (Å²) < 4.78 is 22.1. The summed E-state index contributed by atoms with van der Waals surface area (Å²) in [6.45, 7) is 0.105. The Labute approximate surface area is 113 Å². The van der Waals surface area contributed by atoms with Crippen LogP contribution >= 0.6 is 0 Å². The average molecular weight is 291 g/mol. The van der Waals surface area contributed by atoms with Crippen LogP contribution in [0.5, 0.6) is 0 Å². The van der Waals surface area contributed by atoms with Crippen molar-refractivity contribution in [3.05, 3.63) is 0 Å². The van der Waals surface area contributed by atoms with Gasteiger partial charge in [0.15, 0.2) is 0 Å². The SMILES string of the molecule is CN(CCS(C)(=O)=O)C(=O)CC1(C(=O)O)CCCC1. The zero-order valence-corrected chi connectivity index (χ0v) is 12.2. The number of carbonyl (C=O) groups excluding carboxylic acids is 1. The molecular weight excluding hydrogens is 270 g/mol. The Morgan fingerprint density at radius 3 is 2.21 bits per heavy atom. The van der Waals surface area contributed by atoms with Crippen LogP contribution in [0.25, 0.3) is 0 Å². The van der Waals surface area contributed by atoms with Crippen LogP contribution in [-0.2, 0) is 19.4 Å². The van der Waals surface area contributed by atoms with Crippen LogP contribution in [0, 0.1) is 5.41 Å². The second-order valence-electron chi connectivity index (χ2n) is 5.41. The summed E-state index contributed by atoms with van der Waals surface area (Å²) in [5, 5.41) is 9.29. The normalized spacial score (nSPS) is 18.2. The predicted molar refractivity (Wildman–Crippen MR) is 70.5 cm³/mol. The smallest absolute Gasteiger partial charge is 0.310 e. The Morgan fingerprint density at radius 1 is 1.26 bits per heavy atom. The minimum absolute atomic E-state index is 0.0391. The number of sulfone groups is 1. The molecule has 0 aliphatic heterocycles. The lowest BCUT2D eigenvalue weighted by atomic mass is 9.82. The number of aliphatic carboxylic acids is 1. The summed E-state index contributed by atoms with van der Waals surface area (Å²) in [6.07, 6.45) is 3.77. The molecule has 7 heteroatoms. The van der Waals surface area contributed by atoms with Crippen molar-refractivity contribution in [1.82, 2.24) is 4.90 Å². The molecule has 0 unspecified atom stereocenters. The van der Waals surface area contributed by atoms with Gasteiger partial charge in [0.25, 0.3) is 0 Å². The molecule has 0 saturated heterocycles. The lowest BCUT2D eigenvalue weighted by Crippen LogP contribution is -2.38. The van der Waals surface area contributed by atoms with Crippen molar-refractivity contribution < 1.29 is 23.1 Å². The van der Waals surface area contributed by atoms with Gasteiger partial charge in [0.1, 0.15) is 9.84 Å². The van der Waals surface area contributed by atoms with Crippen molar-refractivity contribution in [2.75, 3.05) is 25.6 Å². The van der Waals surface area contributed by atoms with Gasteiger partial charge in [0.2, 0.25) is 5.91 Å². The molecule has 0 heterocycles. The predicted octanol–water partition coefficient (Wildman–Crippen LogP) is 0.524. The lowest BCUT2D eigenvalue weighted by Gasteiger charge is -2.26. The molecule has 0 bridgehead atoms. The molecule has 0 aromatic rings. The van der Waals surface area contributed by atoms with E-state index >= 15 is 0 Å². The third-order valence-corrected chi connectivity index (χ3v) is 4.65. The van der Waals surface area contributed by atoms with Crippen LogP contribution < -0.4 is 0 Å². The van der Waals surface area contributed by atoms with Gasteiger partial charge in [0, 0.05) is 26.3 Å². The maximum absolute atomic E-state index is 12.0. The first-order valence-electron chi connectivity index (χ1n) is 6.31. The summed E-state index contributed by atoms with van der Waals surface area (Å²) >= 11 is 0. The van der Waals surface area contributed by atoms with Crippen molar-refractivity contribution in [3.8, 4) is 0 Å². The molecule has 1 aliphatic rings. The van der Waals surface area contributed by atoms with E-state index in [1.165, 1.54) is 11.9 Å². The van der Waals surface area contributed by atoms with Gasteiger partial charge in [-0.2, -0.15) is 0 Å². The molecular formula is C12H21NO5S. The number of carbonyl (C=O) groups is 2. The van der Waals surface area contributed by atoms with E-state index in [1.807, 2.05) is 0 Å². The fourth-order valence-electron chi connectivity index (χ4n) is 2.37. The first kappa shape index (κ1) is 15.9. The number of rotatable bonds is 6. The average Bonchev–Trinajstić information content (AvgIpc) is 2.74. The fraction of sp³-hybridized carbons (Fsp3) is 0.833. The Hall–Kier alpha value is -1.11. The molecule has 6 nitrogen and oxygen atoms in total. The van der Waals surface area contributed by atoms with Crippen LogP contribution in [-0.4, -0.2) is 55.9 Å². The van der Waals surface area contributed by atoms with Crippen molar-refractivity contribution >= 4 is 21.7 Å². The minimum atomic E-state index is -3.12. The Morgan fingerprint density at radius 2 is 1.79 bits per heavy atom. The van der Waals surface area contributed by atoms with Gasteiger partial charge in [-0.25, -0.2) is 8.42 Å². The van der Waals surface area contributed by atoms with Crippen molar-refractivity contribution in [3.63, 3.8) is 0 Å². The van der Waals surface area contributed by atoms with Gasteiger partial charge in [0.05, 0.1) is 11.2 Å². The highest BCUT2D eigenvalue weighted by Crippen LogP contribution is 2.41. The van der Waals surface area contributed by atoms with E-state index < -0.39 is 21.2 Å². The second kappa shape index (κ2) is 5.90. The molecule has 1 saturated carbocycles. The van der Waals surface area contributed by atoms with Crippen molar-refractivity contribution in [1.29, 1.82) is 0 Å². The molecule has 0 aromatic carbocycles. The zero-order valence-electron chi connectivity index (χ0n) is 11.4. The fourth-order valence-corrected chi connectivity index (χ4v) is 2.98. The summed E-state index contributed by atoms with van der Waals surface area (Å²) in [6, 6.07) is 0. The number of hydrogen-bond donors (Lipinski definition) is 1. The molecule has 110 valence electrons. The first-order valence-corrected chi connectivity index (χ1v) is 8.37. The Balaban J connectivity index is 2.60. The number of hydrogen-bond acceptors (Lipinski definition) is 4. The number of amides is 1. The molecule has 1 amide bonds. The molecule has 19 heavy (non-hydrogen) atoms. The zero-order chi connectivity index (χ0) is 14.7. The van der Waals surface area contributed by atoms with Gasteiger partial charge < -0.3 is 10.0 Å². The molecule has 1 aliphatic carbocycles. The molecule has 1 fully saturated rings. The summed E-state index contributed by atoms with van der Waals surface area (Å²) in [5.41, 5.74) is -0.948. The summed E-state index contributed by atoms with van der Waals surface area (Å²) in [4.78, 5) is 24.6. The van der Waals surface area contributed by atoms with Crippen LogP contribution in [0.3, 0.4) is 0 Å². The largest absolute Gasteiger partial charge is 0.481 e. The molecule has 0 atom stereocenters. The summed E-state index contributed by atoms with van der Waals surface area (Å²) in [7, 11) is -1.61. The summed E-state index contributed by atoms with van der Waals surface area (Å²) in [5.74, 6) is -1.32. The van der Waals surface area contributed by atoms with Gasteiger partial charge in [-0.1, -0.05) is 12.8 Å². The van der Waals surface area contributed by atoms with Crippen LogP contribution in [0.4, 0.5) is 0 Å². The Kier molecular flexibility index (Phi) is 4.95.